The van der Waals surface area contributed by atoms with Gasteiger partial charge >= 0.3 is 0 Å². The highest BCUT2D eigenvalue weighted by atomic mass is 16.3. The van der Waals surface area contributed by atoms with Gasteiger partial charge < -0.3 is 15.7 Å². The van der Waals surface area contributed by atoms with Crippen LogP contribution in [0.2, 0.25) is 0 Å². The van der Waals surface area contributed by atoms with E-state index in [0.717, 1.165) is 6.42 Å². The zero-order valence-corrected chi connectivity index (χ0v) is 13.8. The molecule has 0 aliphatic heterocycles. The van der Waals surface area contributed by atoms with Crippen molar-refractivity contribution in [3.8, 4) is 0 Å². The van der Waals surface area contributed by atoms with E-state index in [1.807, 2.05) is 27.7 Å². The van der Waals surface area contributed by atoms with E-state index >= 15 is 0 Å². The van der Waals surface area contributed by atoms with Gasteiger partial charge in [0.15, 0.2) is 0 Å². The molecule has 1 atom stereocenters. The standard InChI is InChI=1S/C17H26N2O3/c1-5-7-14(20)11-18-15(21)12-8-6-9-13(10-12)19-16(22)17(2,3)4/h6,8-10,14,20H,5,7,11H2,1-4H3,(H,18,21)(H,19,22). The molecular weight excluding hydrogens is 280 g/mol. The lowest BCUT2D eigenvalue weighted by Crippen LogP contribution is -2.32. The van der Waals surface area contributed by atoms with Gasteiger partial charge in [-0.05, 0) is 24.6 Å². The van der Waals surface area contributed by atoms with Crippen LogP contribution in [-0.4, -0.2) is 29.6 Å². The number of carbonyl (C=O) groups is 2. The first kappa shape index (κ1) is 18.2. The van der Waals surface area contributed by atoms with Crippen molar-refractivity contribution in [3.05, 3.63) is 29.8 Å². The Balaban J connectivity index is 2.67. The number of amides is 2. The zero-order chi connectivity index (χ0) is 16.8. The number of aliphatic hydroxyl groups is 1. The molecule has 0 fully saturated rings. The molecule has 5 heteroatoms. The van der Waals surface area contributed by atoms with Crippen LogP contribution in [-0.2, 0) is 4.79 Å². The first-order valence-corrected chi connectivity index (χ1v) is 7.61. The normalized spacial score (nSPS) is 12.6. The molecule has 0 aliphatic rings. The Kier molecular flexibility index (Phi) is 6.56. The Morgan fingerprint density at radius 2 is 1.95 bits per heavy atom. The largest absolute Gasteiger partial charge is 0.391 e. The van der Waals surface area contributed by atoms with Gasteiger partial charge in [0.1, 0.15) is 0 Å². The number of anilines is 1. The SMILES string of the molecule is CCCC(O)CNC(=O)c1cccc(NC(=O)C(C)(C)C)c1. The summed E-state index contributed by atoms with van der Waals surface area (Å²) in [6.07, 6.45) is 0.991. The van der Waals surface area contributed by atoms with Crippen molar-refractivity contribution in [2.75, 3.05) is 11.9 Å². The summed E-state index contributed by atoms with van der Waals surface area (Å²) in [5.74, 6) is -0.370. The van der Waals surface area contributed by atoms with Gasteiger partial charge in [-0.3, -0.25) is 9.59 Å². The minimum Gasteiger partial charge on any atom is -0.391 e. The molecule has 0 spiro atoms. The van der Waals surface area contributed by atoms with E-state index in [0.29, 0.717) is 17.7 Å². The molecule has 0 heterocycles. The van der Waals surface area contributed by atoms with Crippen LogP contribution in [0.4, 0.5) is 5.69 Å². The van der Waals surface area contributed by atoms with Gasteiger partial charge in [0.05, 0.1) is 6.10 Å². The molecule has 0 saturated heterocycles. The molecule has 0 radical (unpaired) electrons. The predicted octanol–water partition coefficient (Wildman–Crippen LogP) is 2.56. The number of aliphatic hydroxyl groups excluding tert-OH is 1. The van der Waals surface area contributed by atoms with Crippen LogP contribution < -0.4 is 10.6 Å². The monoisotopic (exact) mass is 306 g/mol. The molecule has 0 bridgehead atoms. The third-order valence-corrected chi connectivity index (χ3v) is 3.18. The van der Waals surface area contributed by atoms with E-state index in [-0.39, 0.29) is 18.4 Å². The van der Waals surface area contributed by atoms with Crippen LogP contribution in [0.15, 0.2) is 24.3 Å². The summed E-state index contributed by atoms with van der Waals surface area (Å²) in [6.45, 7) is 7.69. The fourth-order valence-corrected chi connectivity index (χ4v) is 1.80. The lowest BCUT2D eigenvalue weighted by Gasteiger charge is -2.18. The Hall–Kier alpha value is -1.88. The van der Waals surface area contributed by atoms with E-state index in [1.165, 1.54) is 0 Å². The van der Waals surface area contributed by atoms with E-state index in [2.05, 4.69) is 10.6 Å². The molecule has 0 aliphatic carbocycles. The molecule has 1 aromatic carbocycles. The maximum atomic E-state index is 12.1. The molecule has 3 N–H and O–H groups in total. The van der Waals surface area contributed by atoms with Crippen LogP contribution in [0.5, 0.6) is 0 Å². The second-order valence-corrected chi connectivity index (χ2v) is 6.44. The summed E-state index contributed by atoms with van der Waals surface area (Å²) in [6, 6.07) is 6.77. The van der Waals surface area contributed by atoms with Crippen molar-refractivity contribution >= 4 is 17.5 Å². The molecule has 1 unspecified atom stereocenters. The third-order valence-electron chi connectivity index (χ3n) is 3.18. The highest BCUT2D eigenvalue weighted by Crippen LogP contribution is 2.18. The Morgan fingerprint density at radius 3 is 2.55 bits per heavy atom. The van der Waals surface area contributed by atoms with Gasteiger partial charge in [-0.25, -0.2) is 0 Å². The molecule has 1 rings (SSSR count). The van der Waals surface area contributed by atoms with E-state index < -0.39 is 11.5 Å². The van der Waals surface area contributed by atoms with Gasteiger partial charge in [-0.15, -0.1) is 0 Å². The summed E-state index contributed by atoms with van der Waals surface area (Å²) in [5.41, 5.74) is 0.541. The van der Waals surface area contributed by atoms with Gasteiger partial charge in [0.2, 0.25) is 5.91 Å². The van der Waals surface area contributed by atoms with Gasteiger partial charge in [-0.1, -0.05) is 40.2 Å². The van der Waals surface area contributed by atoms with Crippen molar-refractivity contribution in [1.29, 1.82) is 0 Å². The Bertz CT molecular complexity index is 521. The number of hydrogen-bond acceptors (Lipinski definition) is 3. The fourth-order valence-electron chi connectivity index (χ4n) is 1.80. The van der Waals surface area contributed by atoms with Gasteiger partial charge in [-0.2, -0.15) is 0 Å². The summed E-state index contributed by atoms with van der Waals surface area (Å²) < 4.78 is 0. The van der Waals surface area contributed by atoms with E-state index in [9.17, 15) is 14.7 Å². The molecule has 5 nitrogen and oxygen atoms in total. The minimum atomic E-state index is -0.530. The fraction of sp³-hybridized carbons (Fsp3) is 0.529. The number of benzene rings is 1. The molecule has 0 saturated carbocycles. The number of rotatable bonds is 6. The maximum absolute atomic E-state index is 12.1. The van der Waals surface area contributed by atoms with Crippen molar-refractivity contribution < 1.29 is 14.7 Å². The van der Waals surface area contributed by atoms with Gasteiger partial charge in [0.25, 0.3) is 5.91 Å². The Labute approximate surface area is 132 Å². The quantitative estimate of drug-likeness (QED) is 0.756. The molecule has 22 heavy (non-hydrogen) atoms. The summed E-state index contributed by atoms with van der Waals surface area (Å²) in [5, 5.41) is 15.1. The summed E-state index contributed by atoms with van der Waals surface area (Å²) >= 11 is 0. The van der Waals surface area contributed by atoms with Crippen LogP contribution in [0.3, 0.4) is 0 Å². The van der Waals surface area contributed by atoms with Crippen molar-refractivity contribution in [2.24, 2.45) is 5.41 Å². The third kappa shape index (κ3) is 5.85. The number of hydrogen-bond donors (Lipinski definition) is 3. The van der Waals surface area contributed by atoms with Crippen LogP contribution in [0.1, 0.15) is 50.9 Å². The highest BCUT2D eigenvalue weighted by molar-refractivity contribution is 5.98. The lowest BCUT2D eigenvalue weighted by atomic mass is 9.95. The van der Waals surface area contributed by atoms with E-state index in [1.54, 1.807) is 24.3 Å². The Morgan fingerprint density at radius 1 is 1.27 bits per heavy atom. The zero-order valence-electron chi connectivity index (χ0n) is 13.8. The minimum absolute atomic E-state index is 0.108. The van der Waals surface area contributed by atoms with E-state index in [4.69, 9.17) is 0 Å². The topological polar surface area (TPSA) is 78.4 Å². The first-order chi connectivity index (χ1) is 10.2. The van der Waals surface area contributed by atoms with Crippen molar-refractivity contribution in [2.45, 2.75) is 46.6 Å². The summed E-state index contributed by atoms with van der Waals surface area (Å²) in [4.78, 5) is 24.0. The summed E-state index contributed by atoms with van der Waals surface area (Å²) in [7, 11) is 0. The van der Waals surface area contributed by atoms with Crippen LogP contribution in [0, 0.1) is 5.41 Å². The predicted molar refractivity (Wildman–Crippen MR) is 87.8 cm³/mol. The van der Waals surface area contributed by atoms with Crippen molar-refractivity contribution in [3.63, 3.8) is 0 Å². The maximum Gasteiger partial charge on any atom is 0.251 e. The average molecular weight is 306 g/mol. The van der Waals surface area contributed by atoms with Gasteiger partial charge in [0, 0.05) is 23.2 Å². The smallest absolute Gasteiger partial charge is 0.251 e. The number of carbonyl (C=O) groups excluding carboxylic acids is 2. The average Bonchev–Trinajstić information content (AvgIpc) is 2.44. The molecule has 122 valence electrons. The first-order valence-electron chi connectivity index (χ1n) is 7.61. The van der Waals surface area contributed by atoms with Crippen molar-refractivity contribution in [1.82, 2.24) is 5.32 Å². The van der Waals surface area contributed by atoms with Crippen LogP contribution in [0.25, 0.3) is 0 Å². The molecule has 0 aromatic heterocycles. The second-order valence-electron chi connectivity index (χ2n) is 6.44. The highest BCUT2D eigenvalue weighted by Gasteiger charge is 2.21. The number of nitrogens with one attached hydrogen (secondary N) is 2. The molecule has 1 aromatic rings. The van der Waals surface area contributed by atoms with Crippen LogP contribution >= 0.6 is 0 Å². The molecular formula is C17H26N2O3. The lowest BCUT2D eigenvalue weighted by molar-refractivity contribution is -0.123. The second kappa shape index (κ2) is 7.94. The molecule has 2 amide bonds.